The number of benzene rings is 2. The van der Waals surface area contributed by atoms with Gasteiger partial charge < -0.3 is 14.2 Å². The van der Waals surface area contributed by atoms with Crippen molar-refractivity contribution in [3.8, 4) is 11.5 Å². The average molecular weight is 454 g/mol. The highest BCUT2D eigenvalue weighted by molar-refractivity contribution is 7.22. The van der Waals surface area contributed by atoms with Gasteiger partial charge in [0.15, 0.2) is 16.6 Å². The van der Waals surface area contributed by atoms with Gasteiger partial charge in [0.1, 0.15) is 13.2 Å². The second kappa shape index (κ2) is 9.44. The molecule has 0 radical (unpaired) electrons. The summed E-state index contributed by atoms with van der Waals surface area (Å²) in [7, 11) is 0. The maximum atomic E-state index is 13.6. The Labute approximate surface area is 191 Å². The maximum Gasteiger partial charge on any atom is 0.260 e. The van der Waals surface area contributed by atoms with E-state index in [-0.39, 0.29) is 5.91 Å². The second-order valence-corrected chi connectivity index (χ2v) is 9.05. The number of amides is 1. The van der Waals surface area contributed by atoms with Crippen LogP contribution in [0, 0.1) is 6.92 Å². The molecular weight excluding hydrogens is 426 g/mol. The van der Waals surface area contributed by atoms with Crippen LogP contribution in [-0.2, 0) is 4.74 Å². The van der Waals surface area contributed by atoms with Gasteiger partial charge in [-0.05, 0) is 43.2 Å². The minimum atomic E-state index is -0.0688. The molecule has 0 bridgehead atoms. The lowest BCUT2D eigenvalue weighted by Gasteiger charge is -2.28. The molecule has 1 saturated heterocycles. The predicted octanol–water partition coefficient (Wildman–Crippen LogP) is 3.75. The third-order valence-corrected chi connectivity index (χ3v) is 6.88. The number of hydrogen-bond donors (Lipinski definition) is 0. The average Bonchev–Trinajstić information content (AvgIpc) is 3.27. The van der Waals surface area contributed by atoms with E-state index in [1.165, 1.54) is 0 Å². The maximum absolute atomic E-state index is 13.6. The first kappa shape index (κ1) is 21.2. The number of para-hydroxylation sites is 1. The molecule has 1 aromatic heterocycles. The summed E-state index contributed by atoms with van der Waals surface area (Å²) in [5.41, 5.74) is 2.65. The number of morpholine rings is 1. The third-order valence-electron chi connectivity index (χ3n) is 5.83. The van der Waals surface area contributed by atoms with Gasteiger partial charge in [-0.15, -0.1) is 0 Å². The Morgan fingerprint density at radius 2 is 1.91 bits per heavy atom. The number of aromatic nitrogens is 1. The van der Waals surface area contributed by atoms with Crippen molar-refractivity contribution in [1.29, 1.82) is 0 Å². The first-order valence-electron chi connectivity index (χ1n) is 11.1. The number of rotatable bonds is 6. The standard InChI is InChI=1S/C24H27N3O4S/c1-17-4-2-5-21-22(17)25-24(32-21)27(9-3-8-26-10-12-29-13-11-26)23(28)18-6-7-19-20(16-18)31-15-14-30-19/h2,4-7,16H,3,8-15H2,1H3. The van der Waals surface area contributed by atoms with Gasteiger partial charge in [-0.25, -0.2) is 4.98 Å². The minimum Gasteiger partial charge on any atom is -0.486 e. The Morgan fingerprint density at radius 3 is 2.72 bits per heavy atom. The Morgan fingerprint density at radius 1 is 1.09 bits per heavy atom. The molecule has 3 aromatic rings. The Balaban J connectivity index is 1.41. The van der Waals surface area contributed by atoms with E-state index in [1.807, 2.05) is 23.1 Å². The SMILES string of the molecule is Cc1cccc2sc(N(CCCN3CCOCC3)C(=O)c3ccc4c(c3)OCCO4)nc12. The van der Waals surface area contributed by atoms with Gasteiger partial charge >= 0.3 is 0 Å². The summed E-state index contributed by atoms with van der Waals surface area (Å²) in [5.74, 6) is 1.23. The summed E-state index contributed by atoms with van der Waals surface area (Å²) in [4.78, 5) is 22.7. The fourth-order valence-electron chi connectivity index (χ4n) is 4.08. The zero-order valence-corrected chi connectivity index (χ0v) is 19.0. The highest BCUT2D eigenvalue weighted by atomic mass is 32.1. The molecule has 2 aromatic carbocycles. The van der Waals surface area contributed by atoms with Crippen LogP contribution in [0.25, 0.3) is 10.2 Å². The van der Waals surface area contributed by atoms with Crippen LogP contribution in [0.2, 0.25) is 0 Å². The van der Waals surface area contributed by atoms with Crippen molar-refractivity contribution in [3.05, 3.63) is 47.5 Å². The van der Waals surface area contributed by atoms with Gasteiger partial charge in [-0.3, -0.25) is 14.6 Å². The van der Waals surface area contributed by atoms with E-state index in [9.17, 15) is 4.79 Å². The van der Waals surface area contributed by atoms with Crippen molar-refractivity contribution in [2.24, 2.45) is 0 Å². The van der Waals surface area contributed by atoms with Crippen LogP contribution in [0.1, 0.15) is 22.3 Å². The first-order chi connectivity index (χ1) is 15.7. The number of ether oxygens (including phenoxy) is 3. The first-order valence-corrected chi connectivity index (χ1v) is 11.9. The highest BCUT2D eigenvalue weighted by Gasteiger charge is 2.24. The quantitative estimate of drug-likeness (QED) is 0.567. The number of carbonyl (C=O) groups excluding carboxylic acids is 1. The molecule has 8 heteroatoms. The number of hydrogen-bond acceptors (Lipinski definition) is 7. The van der Waals surface area contributed by atoms with E-state index in [2.05, 4.69) is 24.0 Å². The fraction of sp³-hybridized carbons (Fsp3) is 0.417. The van der Waals surface area contributed by atoms with Crippen LogP contribution < -0.4 is 14.4 Å². The van der Waals surface area contributed by atoms with E-state index in [0.29, 0.717) is 36.8 Å². The summed E-state index contributed by atoms with van der Waals surface area (Å²) >= 11 is 1.56. The lowest BCUT2D eigenvalue weighted by molar-refractivity contribution is 0.0376. The van der Waals surface area contributed by atoms with E-state index in [4.69, 9.17) is 19.2 Å². The summed E-state index contributed by atoms with van der Waals surface area (Å²) in [6.45, 7) is 8.03. The molecule has 5 rings (SSSR count). The van der Waals surface area contributed by atoms with Crippen molar-refractivity contribution in [2.45, 2.75) is 13.3 Å². The molecule has 7 nitrogen and oxygen atoms in total. The number of anilines is 1. The molecule has 0 saturated carbocycles. The number of aryl methyl sites for hydroxylation is 1. The van der Waals surface area contributed by atoms with Crippen LogP contribution in [-0.4, -0.2) is 68.4 Å². The number of carbonyl (C=O) groups is 1. The molecule has 3 heterocycles. The Bertz CT molecular complexity index is 1110. The molecule has 0 atom stereocenters. The second-order valence-electron chi connectivity index (χ2n) is 8.04. The number of thiazole rings is 1. The zero-order chi connectivity index (χ0) is 21.9. The molecule has 0 spiro atoms. The van der Waals surface area contributed by atoms with E-state index in [0.717, 1.165) is 60.2 Å². The van der Waals surface area contributed by atoms with Gasteiger partial charge in [0.05, 0.1) is 23.4 Å². The van der Waals surface area contributed by atoms with Crippen molar-refractivity contribution < 1.29 is 19.0 Å². The van der Waals surface area contributed by atoms with Gasteiger partial charge in [0.25, 0.3) is 5.91 Å². The molecule has 1 fully saturated rings. The van der Waals surface area contributed by atoms with Gasteiger partial charge in [-0.1, -0.05) is 23.5 Å². The predicted molar refractivity (Wildman–Crippen MR) is 125 cm³/mol. The summed E-state index contributed by atoms with van der Waals surface area (Å²) in [6.07, 6.45) is 0.866. The number of fused-ring (bicyclic) bond motifs is 2. The highest BCUT2D eigenvalue weighted by Crippen LogP contribution is 2.34. The normalized spacial score (nSPS) is 16.3. The van der Waals surface area contributed by atoms with E-state index >= 15 is 0 Å². The monoisotopic (exact) mass is 453 g/mol. The van der Waals surface area contributed by atoms with Crippen molar-refractivity contribution in [2.75, 3.05) is 57.5 Å². The van der Waals surface area contributed by atoms with Crippen molar-refractivity contribution >= 4 is 32.6 Å². The van der Waals surface area contributed by atoms with Crippen molar-refractivity contribution in [3.63, 3.8) is 0 Å². The van der Waals surface area contributed by atoms with Crippen LogP contribution in [0.3, 0.4) is 0 Å². The van der Waals surface area contributed by atoms with Gasteiger partial charge in [0.2, 0.25) is 0 Å². The number of nitrogens with zero attached hydrogens (tertiary/aromatic N) is 3. The molecule has 2 aliphatic rings. The lowest BCUT2D eigenvalue weighted by atomic mass is 10.1. The Hall–Kier alpha value is -2.68. The van der Waals surface area contributed by atoms with E-state index < -0.39 is 0 Å². The van der Waals surface area contributed by atoms with Crippen LogP contribution in [0.5, 0.6) is 11.5 Å². The van der Waals surface area contributed by atoms with Crippen LogP contribution in [0.4, 0.5) is 5.13 Å². The molecule has 0 unspecified atom stereocenters. The summed E-state index contributed by atoms with van der Waals surface area (Å²) in [5, 5.41) is 0.733. The van der Waals surface area contributed by atoms with Crippen LogP contribution >= 0.6 is 11.3 Å². The summed E-state index contributed by atoms with van der Waals surface area (Å²) < 4.78 is 17.8. The molecule has 0 N–H and O–H groups in total. The van der Waals surface area contributed by atoms with E-state index in [1.54, 1.807) is 17.4 Å². The largest absolute Gasteiger partial charge is 0.486 e. The third kappa shape index (κ3) is 4.44. The molecule has 1 amide bonds. The topological polar surface area (TPSA) is 64.1 Å². The molecule has 0 aliphatic carbocycles. The summed E-state index contributed by atoms with van der Waals surface area (Å²) in [6, 6.07) is 11.6. The molecule has 168 valence electrons. The minimum absolute atomic E-state index is 0.0688. The lowest BCUT2D eigenvalue weighted by Crippen LogP contribution is -2.39. The molecular formula is C24H27N3O4S. The van der Waals surface area contributed by atoms with Crippen LogP contribution in [0.15, 0.2) is 36.4 Å². The zero-order valence-electron chi connectivity index (χ0n) is 18.2. The van der Waals surface area contributed by atoms with Gasteiger partial charge in [0, 0.05) is 31.7 Å². The molecule has 32 heavy (non-hydrogen) atoms. The fourth-order valence-corrected chi connectivity index (χ4v) is 5.15. The smallest absolute Gasteiger partial charge is 0.260 e. The van der Waals surface area contributed by atoms with Gasteiger partial charge in [-0.2, -0.15) is 0 Å². The Kier molecular flexibility index (Phi) is 6.25. The van der Waals surface area contributed by atoms with Crippen molar-refractivity contribution in [1.82, 2.24) is 9.88 Å². The molecule has 2 aliphatic heterocycles.